The molecule has 0 fully saturated rings. The van der Waals surface area contributed by atoms with Gasteiger partial charge in [-0.25, -0.2) is 4.99 Å². The van der Waals surface area contributed by atoms with E-state index in [-0.39, 0.29) is 10.5 Å². The van der Waals surface area contributed by atoms with E-state index >= 15 is 0 Å². The Balaban J connectivity index is 0.000000376. The fourth-order valence-corrected chi connectivity index (χ4v) is 3.95. The zero-order valence-corrected chi connectivity index (χ0v) is 15.1. The van der Waals surface area contributed by atoms with Crippen molar-refractivity contribution in [2.24, 2.45) is 0 Å². The van der Waals surface area contributed by atoms with E-state index in [9.17, 15) is 17.3 Å². The van der Waals surface area contributed by atoms with E-state index in [1.807, 2.05) is 6.20 Å². The van der Waals surface area contributed by atoms with Crippen LogP contribution in [0.2, 0.25) is 0 Å². The number of aromatic nitrogens is 1. The molecule has 2 aromatic carbocycles. The topological polar surface area (TPSA) is 18.9 Å². The Morgan fingerprint density at radius 1 is 0.963 bits per heavy atom. The summed E-state index contributed by atoms with van der Waals surface area (Å²) in [5.74, 6) is 0. The van der Waals surface area contributed by atoms with Crippen molar-refractivity contribution >= 4 is 39.6 Å². The van der Waals surface area contributed by atoms with E-state index in [1.54, 1.807) is 0 Å². The number of rotatable bonds is 3. The third-order valence-electron chi connectivity index (χ3n) is 3.80. The summed E-state index contributed by atoms with van der Waals surface area (Å²) in [7, 11) is -5.92. The number of fused-ring (bicyclic) bond motifs is 1. The monoisotopic (exact) mass is 392 g/mol. The van der Waals surface area contributed by atoms with Gasteiger partial charge in [0.15, 0.2) is 11.7 Å². The second-order valence-corrected chi connectivity index (χ2v) is 7.38. The lowest BCUT2D eigenvalue weighted by atomic mass is 10.2. The summed E-state index contributed by atoms with van der Waals surface area (Å²) >= 11 is 0. The fraction of sp³-hybridized carbons (Fsp3) is 0.0526. The molecule has 1 atom stereocenters. The quantitative estimate of drug-likeness (QED) is 0.395. The molecule has 0 bridgehead atoms. The Morgan fingerprint density at radius 2 is 1.63 bits per heavy atom. The van der Waals surface area contributed by atoms with Crippen molar-refractivity contribution in [1.29, 1.82) is 0 Å². The van der Waals surface area contributed by atoms with Crippen LogP contribution in [0, 0.1) is 0 Å². The first-order valence-corrected chi connectivity index (χ1v) is 9.62. The predicted molar refractivity (Wildman–Crippen MR) is 107 cm³/mol. The molecule has 140 valence electrons. The minimum Gasteiger partial charge on any atom is -0.418 e. The molecular weight excluding hydrogens is 375 g/mol. The Hall–Kier alpha value is -2.61. The van der Waals surface area contributed by atoms with Crippen molar-refractivity contribution in [3.63, 3.8) is 0 Å². The van der Waals surface area contributed by atoms with Crippen LogP contribution >= 0.6 is 10.5 Å². The van der Waals surface area contributed by atoms with Crippen LogP contribution in [0.4, 0.5) is 17.3 Å². The maximum absolute atomic E-state index is 9.75. The van der Waals surface area contributed by atoms with Crippen LogP contribution in [0.1, 0.15) is 11.1 Å². The first-order valence-electron chi connectivity index (χ1n) is 8.21. The molecular formula is C19H17BF4N2S. The number of hydrogen-bond acceptors (Lipinski definition) is 0. The highest BCUT2D eigenvalue weighted by molar-refractivity contribution is 8.28. The van der Waals surface area contributed by atoms with E-state index in [0.29, 0.717) is 0 Å². The van der Waals surface area contributed by atoms with E-state index in [4.69, 9.17) is 0 Å². The zero-order valence-electron chi connectivity index (χ0n) is 14.2. The van der Waals surface area contributed by atoms with Crippen molar-refractivity contribution in [3.05, 3.63) is 83.5 Å². The molecule has 0 saturated heterocycles. The van der Waals surface area contributed by atoms with Crippen molar-refractivity contribution in [2.75, 3.05) is 0 Å². The van der Waals surface area contributed by atoms with Gasteiger partial charge in [-0.2, -0.15) is 0 Å². The number of hydrogen-bond donors (Lipinski definition) is 1. The van der Waals surface area contributed by atoms with Crippen molar-refractivity contribution < 1.29 is 22.3 Å². The van der Waals surface area contributed by atoms with E-state index < -0.39 is 7.25 Å². The van der Waals surface area contributed by atoms with Gasteiger partial charge in [0.2, 0.25) is 0 Å². The van der Waals surface area contributed by atoms with Gasteiger partial charge >= 0.3 is 7.25 Å². The summed E-state index contributed by atoms with van der Waals surface area (Å²) in [6, 6.07) is 19.2. The molecule has 1 unspecified atom stereocenters. The fourth-order valence-electron chi connectivity index (χ4n) is 2.77. The molecule has 0 spiro atoms. The molecule has 1 aromatic heterocycles. The van der Waals surface area contributed by atoms with Gasteiger partial charge in [-0.3, -0.25) is 0 Å². The molecule has 3 aromatic rings. The van der Waals surface area contributed by atoms with Crippen molar-refractivity contribution in [3.8, 4) is 0 Å². The minimum absolute atomic E-state index is 0.0776. The smallest absolute Gasteiger partial charge is 0.418 e. The summed E-state index contributed by atoms with van der Waals surface area (Å²) in [6.07, 6.45) is 4.27. The molecule has 0 radical (unpaired) electrons. The third-order valence-corrected chi connectivity index (χ3v) is 5.19. The van der Waals surface area contributed by atoms with Crippen LogP contribution in [0.15, 0.2) is 72.4 Å². The van der Waals surface area contributed by atoms with Gasteiger partial charge in [0.1, 0.15) is 0 Å². The van der Waals surface area contributed by atoms with Gasteiger partial charge in [0.05, 0.1) is 0 Å². The Kier molecular flexibility index (Phi) is 5.96. The van der Waals surface area contributed by atoms with Crippen LogP contribution in [0.5, 0.6) is 0 Å². The molecule has 2 nitrogen and oxygen atoms in total. The van der Waals surface area contributed by atoms with Crippen molar-refractivity contribution in [1.82, 2.24) is 4.57 Å². The first kappa shape index (κ1) is 19.2. The number of benzene rings is 2. The van der Waals surface area contributed by atoms with E-state index in [0.717, 1.165) is 6.54 Å². The SMILES string of the molecule is C1=C/S(=C\c2cn(Cc3ccccc3)c3ccccc23)C=[NH+]1.F[B-](F)(F)F. The first-order chi connectivity index (χ1) is 12.9. The highest BCUT2D eigenvalue weighted by atomic mass is 32.2. The van der Waals surface area contributed by atoms with Gasteiger partial charge in [0, 0.05) is 34.6 Å². The number of para-hydroxylation sites is 1. The van der Waals surface area contributed by atoms with Crippen LogP contribution in [0.3, 0.4) is 0 Å². The standard InChI is InChI=1S/C19H16N2S.BF4/c1-2-6-16(7-3-1)12-21-13-17(14-22-11-10-20-15-22)18-8-4-5-9-19(18)21;2-1(3,4)5/h1-11,13-15H,12H2;/q;-1/p+1. The molecule has 8 heteroatoms. The second-order valence-electron chi connectivity index (χ2n) is 5.82. The lowest BCUT2D eigenvalue weighted by Gasteiger charge is -2.05. The summed E-state index contributed by atoms with van der Waals surface area (Å²) in [5.41, 5.74) is 6.05. The second kappa shape index (κ2) is 8.39. The minimum atomic E-state index is -6.00. The van der Waals surface area contributed by atoms with Crippen LogP contribution in [0.25, 0.3) is 10.9 Å². The Morgan fingerprint density at radius 3 is 2.30 bits per heavy atom. The number of nitrogens with one attached hydrogen (secondary N) is 1. The lowest BCUT2D eigenvalue weighted by molar-refractivity contribution is -0.361. The third kappa shape index (κ3) is 5.69. The summed E-state index contributed by atoms with van der Waals surface area (Å²) in [5, 5.41) is 5.85. The van der Waals surface area contributed by atoms with Gasteiger partial charge in [0.25, 0.3) is 0 Å². The van der Waals surface area contributed by atoms with E-state index in [2.05, 4.69) is 86.7 Å². The van der Waals surface area contributed by atoms with Gasteiger partial charge in [-0.1, -0.05) is 59.0 Å². The maximum atomic E-state index is 9.75. The number of halogens is 4. The maximum Gasteiger partial charge on any atom is 0.673 e. The van der Waals surface area contributed by atoms with Gasteiger partial charge in [-0.05, 0) is 17.0 Å². The molecule has 1 aliphatic heterocycles. The highest BCUT2D eigenvalue weighted by Crippen LogP contribution is 2.23. The molecule has 4 rings (SSSR count). The van der Waals surface area contributed by atoms with E-state index in [1.165, 1.54) is 22.0 Å². The van der Waals surface area contributed by atoms with Crippen LogP contribution in [-0.2, 0) is 6.54 Å². The lowest BCUT2D eigenvalue weighted by Crippen LogP contribution is -2.58. The highest BCUT2D eigenvalue weighted by Gasteiger charge is 2.20. The van der Waals surface area contributed by atoms with Gasteiger partial charge < -0.3 is 21.8 Å². The molecule has 0 saturated carbocycles. The molecule has 0 amide bonds. The van der Waals surface area contributed by atoms with Crippen molar-refractivity contribution in [2.45, 2.75) is 6.54 Å². The largest absolute Gasteiger partial charge is 0.673 e. The van der Waals surface area contributed by atoms with Crippen LogP contribution in [-0.4, -0.2) is 22.7 Å². The number of nitrogens with zero attached hydrogens (tertiary/aromatic N) is 1. The molecule has 0 aliphatic carbocycles. The Labute approximate surface area is 156 Å². The van der Waals surface area contributed by atoms with Crippen LogP contribution < -0.4 is 4.99 Å². The molecule has 1 N–H and O–H groups in total. The molecule has 1 aliphatic rings. The normalized spacial score (nSPS) is 15.9. The average Bonchev–Trinajstić information content (AvgIpc) is 3.24. The summed E-state index contributed by atoms with van der Waals surface area (Å²) in [4.78, 5) is 3.16. The molecule has 27 heavy (non-hydrogen) atoms. The average molecular weight is 392 g/mol. The summed E-state index contributed by atoms with van der Waals surface area (Å²) < 4.78 is 41.3. The predicted octanol–water partition coefficient (Wildman–Crippen LogP) is 4.00. The molecule has 2 heterocycles. The Bertz CT molecular complexity index is 987. The zero-order chi connectivity index (χ0) is 19.3. The summed E-state index contributed by atoms with van der Waals surface area (Å²) in [6.45, 7) is 0.904. The van der Waals surface area contributed by atoms with Gasteiger partial charge in [-0.15, -0.1) is 0 Å².